The molecule has 1 heterocycles. The van der Waals surface area contributed by atoms with E-state index in [0.717, 1.165) is 10.6 Å². The second-order valence-corrected chi connectivity index (χ2v) is 3.36. The first-order valence-corrected chi connectivity index (χ1v) is 4.56. The zero-order valence-electron chi connectivity index (χ0n) is 6.69. The summed E-state index contributed by atoms with van der Waals surface area (Å²) in [5.41, 5.74) is 1.03. The number of aromatic nitrogens is 1. The molecule has 0 N–H and O–H groups in total. The van der Waals surface area contributed by atoms with E-state index >= 15 is 0 Å². The third-order valence-electron chi connectivity index (χ3n) is 1.52. The Hall–Kier alpha value is -1.22. The van der Waals surface area contributed by atoms with Crippen molar-refractivity contribution in [3.05, 3.63) is 24.3 Å². The van der Waals surface area contributed by atoms with E-state index in [1.54, 1.807) is 17.6 Å². The number of hydrogen-bond donors (Lipinski definition) is 0. The molecule has 0 radical (unpaired) electrons. The van der Waals surface area contributed by atoms with E-state index in [2.05, 4.69) is 16.0 Å². The van der Waals surface area contributed by atoms with Gasteiger partial charge in [-0.1, -0.05) is 23.5 Å². The molecular weight excluding hydrogens is 168 g/mol. The molecule has 12 heavy (non-hydrogen) atoms. The molecule has 0 fully saturated rings. The van der Waals surface area contributed by atoms with Crippen LogP contribution in [0.3, 0.4) is 0 Å². The van der Waals surface area contributed by atoms with Crippen molar-refractivity contribution in [3.63, 3.8) is 0 Å². The molecule has 2 aromatic rings. The normalized spacial score (nSPS) is 11.4. The molecule has 0 bridgehead atoms. The highest BCUT2D eigenvalue weighted by atomic mass is 32.1. The van der Waals surface area contributed by atoms with Gasteiger partial charge in [0.1, 0.15) is 0 Å². The number of rotatable bonds is 1. The number of benzene rings is 1. The van der Waals surface area contributed by atoms with Gasteiger partial charge < -0.3 is 0 Å². The van der Waals surface area contributed by atoms with Crippen LogP contribution in [0.4, 0.5) is 5.13 Å². The van der Waals surface area contributed by atoms with Crippen molar-refractivity contribution in [2.75, 3.05) is 0 Å². The molecule has 0 aliphatic heterocycles. The van der Waals surface area contributed by atoms with E-state index in [1.807, 2.05) is 25.1 Å². The predicted octanol–water partition coefficient (Wildman–Crippen LogP) is 3.02. The molecule has 1 aromatic carbocycles. The van der Waals surface area contributed by atoms with Gasteiger partial charge in [-0.05, 0) is 19.1 Å². The van der Waals surface area contributed by atoms with Gasteiger partial charge in [-0.3, -0.25) is 0 Å². The van der Waals surface area contributed by atoms with Crippen LogP contribution in [0, 0.1) is 0 Å². The predicted molar refractivity (Wildman–Crippen MR) is 53.4 cm³/mol. The molecule has 2 rings (SSSR count). The number of hydrogen-bond acceptors (Lipinski definition) is 3. The second kappa shape index (κ2) is 3.03. The summed E-state index contributed by atoms with van der Waals surface area (Å²) in [6.45, 7) is 1.89. The van der Waals surface area contributed by atoms with E-state index in [1.165, 1.54) is 4.70 Å². The maximum atomic E-state index is 4.32. The Bertz CT molecular complexity index is 384. The lowest BCUT2D eigenvalue weighted by molar-refractivity contribution is 1.41. The van der Waals surface area contributed by atoms with Crippen LogP contribution in [0.15, 0.2) is 29.3 Å². The summed E-state index contributed by atoms with van der Waals surface area (Å²) in [6.07, 6.45) is 1.76. The first-order valence-electron chi connectivity index (χ1n) is 3.74. The van der Waals surface area contributed by atoms with Crippen molar-refractivity contribution < 1.29 is 0 Å². The number of thiazole rings is 1. The Morgan fingerprint density at radius 2 is 2.25 bits per heavy atom. The van der Waals surface area contributed by atoms with Gasteiger partial charge in [0.05, 0.1) is 10.2 Å². The van der Waals surface area contributed by atoms with Gasteiger partial charge in [-0.25, -0.2) is 9.98 Å². The minimum atomic E-state index is 0.832. The molecule has 0 unspecified atom stereocenters. The van der Waals surface area contributed by atoms with Gasteiger partial charge in [0.15, 0.2) is 0 Å². The van der Waals surface area contributed by atoms with Gasteiger partial charge >= 0.3 is 0 Å². The van der Waals surface area contributed by atoms with Crippen LogP contribution < -0.4 is 0 Å². The summed E-state index contributed by atoms with van der Waals surface area (Å²) >= 11 is 1.61. The lowest BCUT2D eigenvalue weighted by Gasteiger charge is -1.80. The highest BCUT2D eigenvalue weighted by molar-refractivity contribution is 7.21. The minimum Gasteiger partial charge on any atom is -0.232 e. The van der Waals surface area contributed by atoms with Crippen LogP contribution in [0.5, 0.6) is 0 Å². The number of nitrogens with zero attached hydrogens (tertiary/aromatic N) is 2. The summed E-state index contributed by atoms with van der Waals surface area (Å²) in [5, 5.41) is 0.832. The van der Waals surface area contributed by atoms with E-state index in [4.69, 9.17) is 0 Å². The molecule has 2 nitrogen and oxygen atoms in total. The summed E-state index contributed by atoms with van der Waals surface area (Å²) in [5.74, 6) is 0. The fraction of sp³-hybridized carbons (Fsp3) is 0.111. The van der Waals surface area contributed by atoms with Crippen molar-refractivity contribution in [1.82, 2.24) is 4.98 Å². The van der Waals surface area contributed by atoms with Crippen LogP contribution in [-0.2, 0) is 0 Å². The van der Waals surface area contributed by atoms with Crippen molar-refractivity contribution in [2.24, 2.45) is 4.99 Å². The Labute approximate surface area is 74.6 Å². The Morgan fingerprint density at radius 3 is 3.00 bits per heavy atom. The van der Waals surface area contributed by atoms with Gasteiger partial charge in [-0.2, -0.15) is 0 Å². The number of para-hydroxylation sites is 1. The Morgan fingerprint density at radius 1 is 1.42 bits per heavy atom. The van der Waals surface area contributed by atoms with Crippen molar-refractivity contribution >= 4 is 32.9 Å². The van der Waals surface area contributed by atoms with Crippen LogP contribution in [0.1, 0.15) is 6.92 Å². The molecule has 0 atom stereocenters. The van der Waals surface area contributed by atoms with Gasteiger partial charge in [0.25, 0.3) is 0 Å². The van der Waals surface area contributed by atoms with Crippen LogP contribution in [-0.4, -0.2) is 11.2 Å². The Balaban J connectivity index is 2.62. The summed E-state index contributed by atoms with van der Waals surface area (Å²) < 4.78 is 1.19. The SMILES string of the molecule is CC=Nc1nc2ccccc2s1. The molecule has 0 aliphatic rings. The first kappa shape index (κ1) is 7.43. The molecule has 0 saturated heterocycles. The van der Waals surface area contributed by atoms with Crippen molar-refractivity contribution in [3.8, 4) is 0 Å². The van der Waals surface area contributed by atoms with E-state index < -0.39 is 0 Å². The second-order valence-electron chi connectivity index (χ2n) is 2.35. The number of aliphatic imine (C=N–C) groups is 1. The van der Waals surface area contributed by atoms with Crippen molar-refractivity contribution in [1.29, 1.82) is 0 Å². The van der Waals surface area contributed by atoms with Gasteiger partial charge in [0.2, 0.25) is 5.13 Å². The molecule has 3 heteroatoms. The van der Waals surface area contributed by atoms with E-state index in [9.17, 15) is 0 Å². The highest BCUT2D eigenvalue weighted by Gasteiger charge is 1.98. The molecule has 0 aliphatic carbocycles. The molecule has 1 aromatic heterocycles. The highest BCUT2D eigenvalue weighted by Crippen LogP contribution is 2.26. The van der Waals surface area contributed by atoms with Gasteiger partial charge in [-0.15, -0.1) is 0 Å². The molecule has 0 spiro atoms. The van der Waals surface area contributed by atoms with Gasteiger partial charge in [0, 0.05) is 6.21 Å². The van der Waals surface area contributed by atoms with Crippen LogP contribution >= 0.6 is 11.3 Å². The maximum absolute atomic E-state index is 4.32. The van der Waals surface area contributed by atoms with Crippen LogP contribution in [0.25, 0.3) is 10.2 Å². The van der Waals surface area contributed by atoms with E-state index in [-0.39, 0.29) is 0 Å². The lowest BCUT2D eigenvalue weighted by Crippen LogP contribution is -1.64. The third kappa shape index (κ3) is 1.23. The summed E-state index contributed by atoms with van der Waals surface area (Å²) in [7, 11) is 0. The third-order valence-corrected chi connectivity index (χ3v) is 2.47. The minimum absolute atomic E-state index is 0.832. The average Bonchev–Trinajstić information content (AvgIpc) is 2.47. The number of fused-ring (bicyclic) bond motifs is 1. The molecule has 60 valence electrons. The molecule has 0 amide bonds. The first-order chi connectivity index (χ1) is 5.90. The average molecular weight is 176 g/mol. The summed E-state index contributed by atoms with van der Waals surface area (Å²) in [4.78, 5) is 8.45. The molecular formula is C9H8N2S. The molecule has 0 saturated carbocycles. The standard InChI is InChI=1S/C9H8N2S/c1-2-10-9-11-7-5-3-4-6-8(7)12-9/h2-6H,1H3. The lowest BCUT2D eigenvalue weighted by atomic mass is 10.3. The fourth-order valence-corrected chi connectivity index (χ4v) is 1.89. The quantitative estimate of drug-likeness (QED) is 0.613. The topological polar surface area (TPSA) is 25.2 Å². The summed E-state index contributed by atoms with van der Waals surface area (Å²) in [6, 6.07) is 8.06. The maximum Gasteiger partial charge on any atom is 0.209 e. The largest absolute Gasteiger partial charge is 0.232 e. The smallest absolute Gasteiger partial charge is 0.209 e. The fourth-order valence-electron chi connectivity index (χ4n) is 1.03. The van der Waals surface area contributed by atoms with E-state index in [0.29, 0.717) is 0 Å². The zero-order valence-corrected chi connectivity index (χ0v) is 7.51. The zero-order chi connectivity index (χ0) is 8.39. The van der Waals surface area contributed by atoms with Crippen LogP contribution in [0.2, 0.25) is 0 Å². The Kier molecular flexibility index (Phi) is 1.87. The van der Waals surface area contributed by atoms with Crippen molar-refractivity contribution in [2.45, 2.75) is 6.92 Å². The monoisotopic (exact) mass is 176 g/mol.